The van der Waals surface area contributed by atoms with Crippen LogP contribution in [-0.2, 0) is 14.9 Å². The van der Waals surface area contributed by atoms with Crippen molar-refractivity contribution < 1.29 is 14.3 Å². The van der Waals surface area contributed by atoms with E-state index in [-0.39, 0.29) is 16.8 Å². The van der Waals surface area contributed by atoms with Gasteiger partial charge in [-0.1, -0.05) is 17.7 Å². The number of hydrogen-bond acceptors (Lipinski definition) is 4. The van der Waals surface area contributed by atoms with Gasteiger partial charge in [0.2, 0.25) is 0 Å². The lowest BCUT2D eigenvalue weighted by Crippen LogP contribution is -2.72. The second-order valence-electron chi connectivity index (χ2n) is 6.02. The number of methoxy groups -OCH3 is 2. The Morgan fingerprint density at radius 2 is 2.00 bits per heavy atom. The fourth-order valence-corrected chi connectivity index (χ4v) is 4.28. The van der Waals surface area contributed by atoms with Crippen LogP contribution in [0.25, 0.3) is 0 Å². The Balaban J connectivity index is 1.77. The van der Waals surface area contributed by atoms with Crippen LogP contribution < -0.4 is 10.5 Å². The lowest BCUT2D eigenvalue weighted by Gasteiger charge is -2.72. The van der Waals surface area contributed by atoms with E-state index in [1.165, 1.54) is 7.11 Å². The van der Waals surface area contributed by atoms with E-state index in [1.807, 2.05) is 18.2 Å². The van der Waals surface area contributed by atoms with Crippen LogP contribution in [0.15, 0.2) is 18.2 Å². The number of nitrogens with two attached hydrogens (primary N) is 1. The van der Waals surface area contributed by atoms with Crippen molar-refractivity contribution in [1.29, 1.82) is 0 Å². The van der Waals surface area contributed by atoms with E-state index in [2.05, 4.69) is 0 Å². The van der Waals surface area contributed by atoms with Crippen molar-refractivity contribution in [3.63, 3.8) is 0 Å². The Kier molecular flexibility index (Phi) is 2.99. The largest absolute Gasteiger partial charge is 0.497 e. The van der Waals surface area contributed by atoms with Crippen LogP contribution in [0.5, 0.6) is 5.75 Å². The van der Waals surface area contributed by atoms with Crippen molar-refractivity contribution in [2.24, 2.45) is 11.1 Å². The van der Waals surface area contributed by atoms with Gasteiger partial charge in [-0.2, -0.15) is 0 Å². The van der Waals surface area contributed by atoms with Crippen LogP contribution in [0.3, 0.4) is 0 Å². The van der Waals surface area contributed by atoms with Crippen molar-refractivity contribution >= 4 is 17.6 Å². The van der Waals surface area contributed by atoms with Crippen LogP contribution in [-0.4, -0.2) is 26.2 Å². The van der Waals surface area contributed by atoms with Crippen molar-refractivity contribution in [2.45, 2.75) is 30.7 Å². The van der Waals surface area contributed by atoms with Crippen LogP contribution in [0.4, 0.5) is 0 Å². The molecule has 0 heterocycles. The minimum absolute atomic E-state index is 0.0870. The zero-order chi connectivity index (χ0) is 14.5. The Morgan fingerprint density at radius 1 is 1.35 bits per heavy atom. The monoisotopic (exact) mass is 295 g/mol. The molecule has 3 aliphatic carbocycles. The summed E-state index contributed by atoms with van der Waals surface area (Å²) in [6, 6.07) is 5.26. The zero-order valence-electron chi connectivity index (χ0n) is 11.6. The van der Waals surface area contributed by atoms with E-state index in [9.17, 15) is 4.79 Å². The summed E-state index contributed by atoms with van der Waals surface area (Å²) in [5.74, 6) is 0.436. The number of benzene rings is 1. The molecule has 0 saturated heterocycles. The highest BCUT2D eigenvalue weighted by molar-refractivity contribution is 6.31. The van der Waals surface area contributed by atoms with E-state index >= 15 is 0 Å². The molecule has 4 rings (SSSR count). The van der Waals surface area contributed by atoms with Gasteiger partial charge in [0.15, 0.2) is 0 Å². The Bertz CT molecular complexity index is 552. The first-order valence-corrected chi connectivity index (χ1v) is 7.02. The summed E-state index contributed by atoms with van der Waals surface area (Å²) < 4.78 is 9.91. The maximum atomic E-state index is 11.6. The molecule has 2 bridgehead atoms. The van der Waals surface area contributed by atoms with Gasteiger partial charge in [0.25, 0.3) is 0 Å². The molecule has 20 heavy (non-hydrogen) atoms. The van der Waals surface area contributed by atoms with Gasteiger partial charge in [0.05, 0.1) is 14.2 Å². The first-order chi connectivity index (χ1) is 9.46. The minimum Gasteiger partial charge on any atom is -0.497 e. The molecule has 0 spiro atoms. The lowest BCUT2D eigenvalue weighted by atomic mass is 9.31. The van der Waals surface area contributed by atoms with Crippen LogP contribution in [0, 0.1) is 5.41 Å². The number of ether oxygens (including phenoxy) is 2. The third kappa shape index (κ3) is 1.68. The predicted molar refractivity (Wildman–Crippen MR) is 76.0 cm³/mol. The molecule has 1 aromatic rings. The quantitative estimate of drug-likeness (QED) is 0.866. The van der Waals surface area contributed by atoms with Gasteiger partial charge in [-0.15, -0.1) is 0 Å². The Labute approximate surface area is 123 Å². The second kappa shape index (κ2) is 4.37. The summed E-state index contributed by atoms with van der Waals surface area (Å²) in [6.07, 6.45) is 2.72. The van der Waals surface area contributed by atoms with E-state index < -0.39 is 6.04 Å². The molecular weight excluding hydrogens is 278 g/mol. The van der Waals surface area contributed by atoms with Crippen molar-refractivity contribution in [2.75, 3.05) is 14.2 Å². The highest BCUT2D eigenvalue weighted by Crippen LogP contribution is 2.75. The highest BCUT2D eigenvalue weighted by atomic mass is 35.5. The average molecular weight is 296 g/mol. The highest BCUT2D eigenvalue weighted by Gasteiger charge is 2.72. The summed E-state index contributed by atoms with van der Waals surface area (Å²) in [4.78, 5) is 11.6. The molecule has 0 aromatic heterocycles. The van der Waals surface area contributed by atoms with Crippen molar-refractivity contribution in [3.05, 3.63) is 28.8 Å². The minimum atomic E-state index is -0.522. The third-order valence-electron chi connectivity index (χ3n) is 4.93. The van der Waals surface area contributed by atoms with Crippen molar-refractivity contribution in [3.8, 4) is 5.75 Å². The van der Waals surface area contributed by atoms with Gasteiger partial charge in [-0.25, -0.2) is 0 Å². The van der Waals surface area contributed by atoms with E-state index in [1.54, 1.807) is 7.11 Å². The number of esters is 1. The van der Waals surface area contributed by atoms with Gasteiger partial charge in [-0.05, 0) is 47.8 Å². The van der Waals surface area contributed by atoms with Gasteiger partial charge in [0, 0.05) is 5.02 Å². The predicted octanol–water partition coefficient (Wildman–Crippen LogP) is 2.27. The molecule has 0 aliphatic heterocycles. The van der Waals surface area contributed by atoms with Gasteiger partial charge >= 0.3 is 5.97 Å². The summed E-state index contributed by atoms with van der Waals surface area (Å²) in [5.41, 5.74) is 7.14. The van der Waals surface area contributed by atoms with Gasteiger partial charge in [-0.3, -0.25) is 4.79 Å². The first kappa shape index (κ1) is 13.7. The summed E-state index contributed by atoms with van der Waals surface area (Å²) in [6.45, 7) is 0. The standard InChI is InChI=1S/C15H18ClNO3/c1-19-9-3-4-10(11(16)5-9)14-6-15(7-14,8-14)12(17)13(18)20-2/h3-5,12H,6-8,17H2,1-2H3. The fraction of sp³-hybridized carbons (Fsp3) is 0.533. The summed E-state index contributed by atoms with van der Waals surface area (Å²) in [5, 5.41) is 0.726. The molecule has 4 nitrogen and oxygen atoms in total. The van der Waals surface area contributed by atoms with E-state index in [4.69, 9.17) is 26.8 Å². The maximum Gasteiger partial charge on any atom is 0.323 e. The second-order valence-corrected chi connectivity index (χ2v) is 6.43. The van der Waals surface area contributed by atoms with Crippen molar-refractivity contribution in [1.82, 2.24) is 0 Å². The number of rotatable bonds is 4. The first-order valence-electron chi connectivity index (χ1n) is 6.64. The molecule has 1 aromatic carbocycles. The molecule has 108 valence electrons. The smallest absolute Gasteiger partial charge is 0.323 e. The molecule has 1 atom stereocenters. The zero-order valence-corrected chi connectivity index (χ0v) is 12.4. The summed E-state index contributed by atoms with van der Waals surface area (Å²) >= 11 is 6.34. The Morgan fingerprint density at radius 3 is 2.50 bits per heavy atom. The molecule has 3 saturated carbocycles. The van der Waals surface area contributed by atoms with E-state index in [0.29, 0.717) is 0 Å². The molecular formula is C15H18ClNO3. The molecule has 0 amide bonds. The molecule has 5 heteroatoms. The maximum absolute atomic E-state index is 11.6. The van der Waals surface area contributed by atoms with Gasteiger partial charge in [0.1, 0.15) is 11.8 Å². The molecule has 2 N–H and O–H groups in total. The fourth-order valence-electron chi connectivity index (χ4n) is 3.91. The molecule has 1 unspecified atom stereocenters. The molecule has 3 aliphatic rings. The lowest BCUT2D eigenvalue weighted by molar-refractivity contribution is -0.181. The van der Waals surface area contributed by atoms with Crippen LogP contribution >= 0.6 is 11.6 Å². The number of hydrogen-bond donors (Lipinski definition) is 1. The summed E-state index contributed by atoms with van der Waals surface area (Å²) in [7, 11) is 3.00. The molecule has 0 radical (unpaired) electrons. The van der Waals surface area contributed by atoms with Crippen LogP contribution in [0.2, 0.25) is 5.02 Å². The van der Waals surface area contributed by atoms with Gasteiger partial charge < -0.3 is 15.2 Å². The SMILES string of the molecule is COC(=O)C(N)C12CC(c3ccc(OC)cc3Cl)(C1)C2. The third-order valence-corrected chi connectivity index (χ3v) is 5.25. The number of carbonyl (C=O) groups is 1. The normalized spacial score (nSPS) is 31.8. The topological polar surface area (TPSA) is 61.5 Å². The average Bonchev–Trinajstić information content (AvgIpc) is 2.36. The van der Waals surface area contributed by atoms with E-state index in [0.717, 1.165) is 35.6 Å². The number of halogens is 1. The number of carbonyl (C=O) groups excluding carboxylic acids is 1. The Hall–Kier alpha value is -1.26. The van der Waals surface area contributed by atoms with Crippen LogP contribution in [0.1, 0.15) is 24.8 Å². The molecule has 3 fully saturated rings.